The highest BCUT2D eigenvalue weighted by atomic mass is 19.2. The first-order chi connectivity index (χ1) is 9.08. The van der Waals surface area contributed by atoms with E-state index >= 15 is 0 Å². The normalized spacial score (nSPS) is 12.4. The molecule has 1 N–H and O–H groups in total. The van der Waals surface area contributed by atoms with Gasteiger partial charge in [-0.1, -0.05) is 30.3 Å². The van der Waals surface area contributed by atoms with Crippen LogP contribution < -0.4 is 0 Å². The molecule has 0 aromatic heterocycles. The van der Waals surface area contributed by atoms with Crippen molar-refractivity contribution in [1.82, 2.24) is 0 Å². The molecule has 3 heteroatoms. The summed E-state index contributed by atoms with van der Waals surface area (Å²) in [7, 11) is 0. The first-order valence-electron chi connectivity index (χ1n) is 6.25. The van der Waals surface area contributed by atoms with Crippen LogP contribution >= 0.6 is 0 Å². The van der Waals surface area contributed by atoms with Crippen LogP contribution in [0.3, 0.4) is 0 Å². The van der Waals surface area contributed by atoms with Gasteiger partial charge in [0, 0.05) is 0 Å². The molecule has 0 heterocycles. The zero-order valence-corrected chi connectivity index (χ0v) is 10.7. The lowest BCUT2D eigenvalue weighted by Crippen LogP contribution is -2.02. The topological polar surface area (TPSA) is 20.2 Å². The van der Waals surface area contributed by atoms with Crippen molar-refractivity contribution < 1.29 is 13.9 Å². The highest BCUT2D eigenvalue weighted by molar-refractivity contribution is 5.26. The number of aliphatic hydroxyl groups excluding tert-OH is 1. The summed E-state index contributed by atoms with van der Waals surface area (Å²) in [6.07, 6.45) is 0.401. The largest absolute Gasteiger partial charge is 0.388 e. The van der Waals surface area contributed by atoms with Gasteiger partial charge in [-0.15, -0.1) is 0 Å². The molecule has 2 rings (SSSR count). The molecule has 0 aliphatic rings. The number of hydrogen-bond acceptors (Lipinski definition) is 1. The van der Waals surface area contributed by atoms with Gasteiger partial charge < -0.3 is 5.11 Å². The fourth-order valence-corrected chi connectivity index (χ4v) is 2.07. The number of halogens is 2. The second kappa shape index (κ2) is 5.93. The summed E-state index contributed by atoms with van der Waals surface area (Å²) in [6, 6.07) is 11.4. The smallest absolute Gasteiger partial charge is 0.159 e. The van der Waals surface area contributed by atoms with Crippen LogP contribution in [0.2, 0.25) is 0 Å². The highest BCUT2D eigenvalue weighted by Crippen LogP contribution is 2.22. The van der Waals surface area contributed by atoms with Gasteiger partial charge in [0.2, 0.25) is 0 Å². The molecule has 0 amide bonds. The molecular formula is C16H16F2O. The Bertz CT molecular complexity index is 566. The highest BCUT2D eigenvalue weighted by Gasteiger charge is 2.11. The molecule has 1 unspecified atom stereocenters. The van der Waals surface area contributed by atoms with Gasteiger partial charge in [-0.2, -0.15) is 0 Å². The van der Waals surface area contributed by atoms with E-state index in [2.05, 4.69) is 0 Å². The maximum atomic E-state index is 13.1. The Kier molecular flexibility index (Phi) is 4.27. The minimum absolute atomic E-state index is 0.410. The van der Waals surface area contributed by atoms with E-state index in [0.717, 1.165) is 17.7 Å². The molecule has 0 bridgehead atoms. The van der Waals surface area contributed by atoms with Gasteiger partial charge in [-0.3, -0.25) is 0 Å². The van der Waals surface area contributed by atoms with Gasteiger partial charge in [0.15, 0.2) is 11.6 Å². The molecule has 1 atom stereocenters. The lowest BCUT2D eigenvalue weighted by molar-refractivity contribution is 0.167. The molecule has 100 valence electrons. The molecule has 2 aromatic carbocycles. The van der Waals surface area contributed by atoms with Crippen LogP contribution in [0.4, 0.5) is 8.78 Å². The van der Waals surface area contributed by atoms with Gasteiger partial charge in [0.25, 0.3) is 0 Å². The third-order valence-electron chi connectivity index (χ3n) is 3.28. The Labute approximate surface area is 111 Å². The summed E-state index contributed by atoms with van der Waals surface area (Å²) in [5.74, 6) is -1.82. The van der Waals surface area contributed by atoms with Crippen LogP contribution in [0.15, 0.2) is 42.5 Å². The lowest BCUT2D eigenvalue weighted by Gasteiger charge is -2.12. The average Bonchev–Trinajstić information content (AvgIpc) is 2.40. The second-order valence-corrected chi connectivity index (χ2v) is 4.65. The van der Waals surface area contributed by atoms with Gasteiger partial charge in [-0.05, 0) is 48.6 Å². The summed E-state index contributed by atoms with van der Waals surface area (Å²) in [4.78, 5) is 0. The molecule has 0 saturated heterocycles. The van der Waals surface area contributed by atoms with Gasteiger partial charge in [-0.25, -0.2) is 8.78 Å². The van der Waals surface area contributed by atoms with Crippen LogP contribution in [-0.2, 0) is 6.42 Å². The Hall–Kier alpha value is -1.74. The van der Waals surface area contributed by atoms with E-state index in [1.165, 1.54) is 11.6 Å². The summed E-state index contributed by atoms with van der Waals surface area (Å²) in [5, 5.41) is 10.00. The second-order valence-electron chi connectivity index (χ2n) is 4.65. The fraction of sp³-hybridized carbons (Fsp3) is 0.250. The Morgan fingerprint density at radius 2 is 1.79 bits per heavy atom. The predicted octanol–water partition coefficient (Wildman–Crippen LogP) is 3.94. The van der Waals surface area contributed by atoms with E-state index in [4.69, 9.17) is 0 Å². The number of rotatable bonds is 4. The van der Waals surface area contributed by atoms with E-state index in [-0.39, 0.29) is 0 Å². The van der Waals surface area contributed by atoms with Crippen molar-refractivity contribution in [2.75, 3.05) is 0 Å². The molecule has 1 nitrogen and oxygen atoms in total. The molecule has 19 heavy (non-hydrogen) atoms. The Balaban J connectivity index is 2.03. The minimum Gasteiger partial charge on any atom is -0.388 e. The van der Waals surface area contributed by atoms with E-state index in [1.807, 2.05) is 31.2 Å². The SMILES string of the molecule is Cc1ccccc1CCC(O)c1ccc(F)c(F)c1. The van der Waals surface area contributed by atoms with Gasteiger partial charge in [0.1, 0.15) is 0 Å². The first kappa shape index (κ1) is 13.7. The van der Waals surface area contributed by atoms with Crippen molar-refractivity contribution in [3.8, 4) is 0 Å². The van der Waals surface area contributed by atoms with E-state index in [1.54, 1.807) is 0 Å². The van der Waals surface area contributed by atoms with Crippen molar-refractivity contribution >= 4 is 0 Å². The Morgan fingerprint density at radius 1 is 1.05 bits per heavy atom. The summed E-state index contributed by atoms with van der Waals surface area (Å²) in [5.41, 5.74) is 2.73. The lowest BCUT2D eigenvalue weighted by atomic mass is 9.98. The van der Waals surface area contributed by atoms with Crippen LogP contribution in [0.5, 0.6) is 0 Å². The molecule has 0 radical (unpaired) electrons. The van der Waals surface area contributed by atoms with Gasteiger partial charge in [0.05, 0.1) is 6.10 Å². The van der Waals surface area contributed by atoms with Crippen molar-refractivity contribution in [2.45, 2.75) is 25.9 Å². The van der Waals surface area contributed by atoms with Gasteiger partial charge >= 0.3 is 0 Å². The molecule has 0 aliphatic heterocycles. The van der Waals surface area contributed by atoms with Crippen molar-refractivity contribution in [3.63, 3.8) is 0 Å². The zero-order valence-electron chi connectivity index (χ0n) is 10.7. The zero-order chi connectivity index (χ0) is 13.8. The minimum atomic E-state index is -0.924. The molecule has 0 saturated carbocycles. The van der Waals surface area contributed by atoms with Crippen LogP contribution in [-0.4, -0.2) is 5.11 Å². The first-order valence-corrected chi connectivity index (χ1v) is 6.25. The monoisotopic (exact) mass is 262 g/mol. The summed E-state index contributed by atoms with van der Waals surface area (Å²) < 4.78 is 25.9. The molecule has 2 aromatic rings. The van der Waals surface area contributed by atoms with Crippen LogP contribution in [0.25, 0.3) is 0 Å². The molecular weight excluding hydrogens is 246 g/mol. The number of benzene rings is 2. The molecule has 0 fully saturated rings. The summed E-state index contributed by atoms with van der Waals surface area (Å²) in [6.45, 7) is 2.01. The van der Waals surface area contributed by atoms with Crippen LogP contribution in [0, 0.1) is 18.6 Å². The molecule has 0 aliphatic carbocycles. The summed E-state index contributed by atoms with van der Waals surface area (Å²) >= 11 is 0. The fourth-order valence-electron chi connectivity index (χ4n) is 2.07. The van der Waals surface area contributed by atoms with E-state index < -0.39 is 17.7 Å². The number of aliphatic hydroxyl groups is 1. The maximum absolute atomic E-state index is 13.1. The Morgan fingerprint density at radius 3 is 2.47 bits per heavy atom. The van der Waals surface area contributed by atoms with Crippen molar-refractivity contribution in [3.05, 3.63) is 70.8 Å². The van der Waals surface area contributed by atoms with E-state index in [0.29, 0.717) is 18.4 Å². The number of hydrogen-bond donors (Lipinski definition) is 1. The van der Waals surface area contributed by atoms with E-state index in [9.17, 15) is 13.9 Å². The standard InChI is InChI=1S/C16H16F2O/c1-11-4-2-3-5-12(11)7-9-16(19)13-6-8-14(17)15(18)10-13/h2-6,8,10,16,19H,7,9H2,1H3. The molecule has 0 spiro atoms. The number of aryl methyl sites for hydroxylation is 2. The predicted molar refractivity (Wildman–Crippen MR) is 70.8 cm³/mol. The maximum Gasteiger partial charge on any atom is 0.159 e. The third-order valence-corrected chi connectivity index (χ3v) is 3.28. The van der Waals surface area contributed by atoms with Crippen LogP contribution in [0.1, 0.15) is 29.2 Å². The van der Waals surface area contributed by atoms with Crippen molar-refractivity contribution in [2.24, 2.45) is 0 Å². The van der Waals surface area contributed by atoms with Crippen molar-refractivity contribution in [1.29, 1.82) is 0 Å². The third kappa shape index (κ3) is 3.38. The quantitative estimate of drug-likeness (QED) is 0.884. The average molecular weight is 262 g/mol.